The van der Waals surface area contributed by atoms with Crippen molar-refractivity contribution in [1.82, 2.24) is 0 Å². The molecular formula is C27H29F3N2O5. The van der Waals surface area contributed by atoms with Gasteiger partial charge in [0.2, 0.25) is 0 Å². The van der Waals surface area contributed by atoms with Crippen LogP contribution < -0.4 is 14.8 Å². The zero-order valence-corrected chi connectivity index (χ0v) is 21.5. The van der Waals surface area contributed by atoms with Crippen molar-refractivity contribution in [3.05, 3.63) is 51.6 Å². The third-order valence-electron chi connectivity index (χ3n) is 6.43. The van der Waals surface area contributed by atoms with Gasteiger partial charge < -0.3 is 19.9 Å². The number of alkyl halides is 3. The van der Waals surface area contributed by atoms with Crippen LogP contribution in [0.1, 0.15) is 72.8 Å². The van der Waals surface area contributed by atoms with Crippen LogP contribution in [-0.4, -0.2) is 46.6 Å². The molecule has 0 atom stereocenters. The van der Waals surface area contributed by atoms with E-state index in [1.165, 1.54) is 19.1 Å². The van der Waals surface area contributed by atoms with Gasteiger partial charge in [-0.2, -0.15) is 13.2 Å². The molecule has 2 N–H and O–H groups in total. The Bertz CT molecular complexity index is 1340. The molecule has 2 aromatic carbocycles. The van der Waals surface area contributed by atoms with Crippen molar-refractivity contribution in [3.8, 4) is 11.5 Å². The number of carbonyl (C=O) groups is 2. The number of carboxylic acid groups (broad SMARTS) is 1. The first-order chi connectivity index (χ1) is 17.0. The molecule has 198 valence electrons. The largest absolute Gasteiger partial charge is 0.490 e. The molecule has 0 spiro atoms. The third kappa shape index (κ3) is 4.89. The summed E-state index contributed by atoms with van der Waals surface area (Å²) in [4.78, 5) is 28.6. The molecule has 2 aliphatic heterocycles. The third-order valence-corrected chi connectivity index (χ3v) is 6.43. The Morgan fingerprint density at radius 1 is 1.19 bits per heavy atom. The van der Waals surface area contributed by atoms with Crippen molar-refractivity contribution in [2.75, 3.05) is 11.9 Å². The molecule has 2 heterocycles. The van der Waals surface area contributed by atoms with Crippen LogP contribution in [-0.2, 0) is 17.6 Å². The fourth-order valence-electron chi connectivity index (χ4n) is 5.02. The van der Waals surface area contributed by atoms with E-state index in [2.05, 4.69) is 0 Å². The quantitative estimate of drug-likeness (QED) is 0.547. The van der Waals surface area contributed by atoms with E-state index in [9.17, 15) is 27.9 Å². The number of halogens is 3. The molecule has 0 saturated heterocycles. The number of aliphatic imine (C=N–C) groups is 1. The molecule has 0 bridgehead atoms. The summed E-state index contributed by atoms with van der Waals surface area (Å²) in [5, 5.41) is 11.4. The minimum absolute atomic E-state index is 0.167. The van der Waals surface area contributed by atoms with Gasteiger partial charge in [-0.1, -0.05) is 6.07 Å². The average molecular weight is 519 g/mol. The van der Waals surface area contributed by atoms with Gasteiger partial charge in [-0.25, -0.2) is 4.79 Å². The van der Waals surface area contributed by atoms with E-state index in [4.69, 9.17) is 14.5 Å². The maximum atomic E-state index is 13.1. The first-order valence-corrected chi connectivity index (χ1v) is 11.9. The van der Waals surface area contributed by atoms with Crippen molar-refractivity contribution < 1.29 is 37.3 Å². The number of ether oxygens (including phenoxy) is 2. The van der Waals surface area contributed by atoms with Gasteiger partial charge in [0.25, 0.3) is 0 Å². The van der Waals surface area contributed by atoms with E-state index in [0.717, 1.165) is 16.7 Å². The molecular weight excluding hydrogens is 489 g/mol. The Balaban J connectivity index is 1.98. The second-order valence-corrected chi connectivity index (χ2v) is 10.6. The fourth-order valence-corrected chi connectivity index (χ4v) is 5.02. The number of hydrogen-bond donors (Lipinski definition) is 2. The summed E-state index contributed by atoms with van der Waals surface area (Å²) in [5.74, 6) is -2.49. The first-order valence-electron chi connectivity index (χ1n) is 11.9. The van der Waals surface area contributed by atoms with Crippen molar-refractivity contribution in [1.29, 1.82) is 0 Å². The van der Waals surface area contributed by atoms with Gasteiger partial charge in [0.15, 0.2) is 11.5 Å². The number of hydrogen-bond acceptors (Lipinski definition) is 5. The Labute approximate surface area is 212 Å². The van der Waals surface area contributed by atoms with Crippen LogP contribution >= 0.6 is 0 Å². The summed E-state index contributed by atoms with van der Waals surface area (Å²) < 4.78 is 51.3. The maximum Gasteiger partial charge on any atom is 0.471 e. The Hall–Kier alpha value is -3.56. The summed E-state index contributed by atoms with van der Waals surface area (Å²) in [6, 6.07) is 4.63. The zero-order chi connectivity index (χ0) is 27.5. The van der Waals surface area contributed by atoms with E-state index in [1.54, 1.807) is 5.32 Å². The Morgan fingerprint density at radius 3 is 2.46 bits per heavy atom. The molecule has 7 nitrogen and oxygen atoms in total. The Kier molecular flexibility index (Phi) is 6.29. The number of amides is 1. The highest BCUT2D eigenvalue weighted by atomic mass is 19.4. The standard InChI is InChI=1S/C27H29F3N2O5/c1-7-36-18-10-14-11-25(3,4)32-21(19(14)17-12-26(5,6)37-22(17)18)15-8-9-16(23(33)34)20(13(15)2)31-24(35)27(28,29)30/h8-10H,7,11-12H2,1-6H3,(H,31,35)(H,33,34). The number of benzene rings is 2. The lowest BCUT2D eigenvalue weighted by molar-refractivity contribution is -0.167. The highest BCUT2D eigenvalue weighted by Crippen LogP contribution is 2.48. The van der Waals surface area contributed by atoms with Crippen molar-refractivity contribution in [2.45, 2.75) is 71.7 Å². The number of nitrogens with one attached hydrogen (secondary N) is 1. The number of carboxylic acids is 1. The average Bonchev–Trinajstić information content (AvgIpc) is 3.08. The molecule has 37 heavy (non-hydrogen) atoms. The predicted molar refractivity (Wildman–Crippen MR) is 132 cm³/mol. The number of carbonyl (C=O) groups excluding carboxylic acids is 1. The van der Waals surface area contributed by atoms with E-state index in [-0.39, 0.29) is 5.56 Å². The van der Waals surface area contributed by atoms with Crippen LogP contribution in [0.5, 0.6) is 11.5 Å². The molecule has 2 aromatic rings. The van der Waals surface area contributed by atoms with Gasteiger partial charge >= 0.3 is 18.1 Å². The summed E-state index contributed by atoms with van der Waals surface area (Å²) >= 11 is 0. The molecule has 0 aliphatic carbocycles. The topological polar surface area (TPSA) is 97.2 Å². The monoisotopic (exact) mass is 518 g/mol. The van der Waals surface area contributed by atoms with Crippen LogP contribution in [0.15, 0.2) is 23.2 Å². The van der Waals surface area contributed by atoms with E-state index in [0.29, 0.717) is 42.2 Å². The van der Waals surface area contributed by atoms with Crippen LogP contribution in [0, 0.1) is 6.92 Å². The zero-order valence-electron chi connectivity index (χ0n) is 21.5. The SMILES string of the molecule is CCOc1cc2c(c3c1OC(C)(C)C3)C(c1ccc(C(=O)O)c(NC(=O)C(F)(F)F)c1C)=NC(C)(C)C2. The van der Waals surface area contributed by atoms with Gasteiger partial charge in [-0.15, -0.1) is 0 Å². The fraction of sp³-hybridized carbons (Fsp3) is 0.444. The van der Waals surface area contributed by atoms with Gasteiger partial charge in [-0.3, -0.25) is 9.79 Å². The molecule has 0 unspecified atom stereocenters. The summed E-state index contributed by atoms with van der Waals surface area (Å²) in [5.41, 5.74) is 1.76. The predicted octanol–water partition coefficient (Wildman–Crippen LogP) is 5.48. The van der Waals surface area contributed by atoms with Crippen molar-refractivity contribution in [2.24, 2.45) is 4.99 Å². The number of aromatic carboxylic acids is 1. The normalized spacial score (nSPS) is 17.3. The number of fused-ring (bicyclic) bond motifs is 3. The van der Waals surface area contributed by atoms with Gasteiger partial charge in [0, 0.05) is 23.1 Å². The minimum atomic E-state index is -5.19. The van der Waals surface area contributed by atoms with Gasteiger partial charge in [-0.05, 0) is 71.2 Å². The molecule has 2 aliphatic rings. The van der Waals surface area contributed by atoms with Gasteiger partial charge in [0.1, 0.15) is 5.60 Å². The van der Waals surface area contributed by atoms with Crippen LogP contribution in [0.2, 0.25) is 0 Å². The van der Waals surface area contributed by atoms with E-state index in [1.807, 2.05) is 40.7 Å². The van der Waals surface area contributed by atoms with E-state index >= 15 is 0 Å². The number of rotatable bonds is 5. The van der Waals surface area contributed by atoms with Crippen molar-refractivity contribution in [3.63, 3.8) is 0 Å². The summed E-state index contributed by atoms with van der Waals surface area (Å²) in [6.07, 6.45) is -4.05. The first kappa shape index (κ1) is 26.5. The maximum absolute atomic E-state index is 13.1. The minimum Gasteiger partial charge on any atom is -0.490 e. The molecule has 0 aromatic heterocycles. The lowest BCUT2D eigenvalue weighted by atomic mass is 9.80. The lowest BCUT2D eigenvalue weighted by Crippen LogP contribution is -2.32. The molecule has 4 rings (SSSR count). The molecule has 1 amide bonds. The molecule has 0 saturated carbocycles. The number of anilines is 1. The van der Waals surface area contributed by atoms with Crippen LogP contribution in [0.25, 0.3) is 0 Å². The highest BCUT2D eigenvalue weighted by molar-refractivity contribution is 6.18. The second-order valence-electron chi connectivity index (χ2n) is 10.6. The van der Waals surface area contributed by atoms with Crippen molar-refractivity contribution >= 4 is 23.3 Å². The lowest BCUT2D eigenvalue weighted by Gasteiger charge is -2.32. The number of nitrogens with zero attached hydrogens (tertiary/aromatic N) is 1. The smallest absolute Gasteiger partial charge is 0.471 e. The molecule has 0 fully saturated rings. The van der Waals surface area contributed by atoms with E-state index < -0.39 is 40.4 Å². The van der Waals surface area contributed by atoms with Crippen LogP contribution in [0.4, 0.5) is 18.9 Å². The Morgan fingerprint density at radius 2 is 1.86 bits per heavy atom. The molecule has 10 heteroatoms. The van der Waals surface area contributed by atoms with Gasteiger partial charge in [0.05, 0.1) is 29.1 Å². The second kappa shape index (κ2) is 8.78. The van der Waals surface area contributed by atoms with Crippen LogP contribution in [0.3, 0.4) is 0 Å². The highest BCUT2D eigenvalue weighted by Gasteiger charge is 2.42. The summed E-state index contributed by atoms with van der Waals surface area (Å²) in [7, 11) is 0. The molecule has 0 radical (unpaired) electrons. The summed E-state index contributed by atoms with van der Waals surface area (Å²) in [6.45, 7) is 11.6.